The first-order valence-electron chi connectivity index (χ1n) is 12.5. The molecule has 0 unspecified atom stereocenters. The van der Waals surface area contributed by atoms with E-state index < -0.39 is 0 Å². The van der Waals surface area contributed by atoms with Crippen LogP contribution >= 0.6 is 0 Å². The van der Waals surface area contributed by atoms with Crippen molar-refractivity contribution in [1.82, 2.24) is 19.8 Å². The third kappa shape index (κ3) is 6.32. The van der Waals surface area contributed by atoms with Crippen LogP contribution in [-0.4, -0.2) is 65.0 Å². The summed E-state index contributed by atoms with van der Waals surface area (Å²) in [5, 5.41) is 0. The number of rotatable bonds is 3. The van der Waals surface area contributed by atoms with Gasteiger partial charge in [0.25, 0.3) is 5.91 Å². The Labute approximate surface area is 198 Å². The molecule has 0 atom stereocenters. The summed E-state index contributed by atoms with van der Waals surface area (Å²) in [6, 6.07) is 8.51. The number of benzene rings is 1. The summed E-state index contributed by atoms with van der Waals surface area (Å²) in [5.74, 6) is 1.72. The molecule has 1 aromatic carbocycles. The van der Waals surface area contributed by atoms with Crippen LogP contribution in [0, 0.1) is 11.3 Å². The molecule has 1 spiro atoms. The summed E-state index contributed by atoms with van der Waals surface area (Å²) in [5.41, 5.74) is 2.18. The number of carbonyl (C=O) groups is 1. The number of piperidine rings is 1. The van der Waals surface area contributed by atoms with E-state index >= 15 is 0 Å². The lowest BCUT2D eigenvalue weighted by Crippen LogP contribution is -2.49. The van der Waals surface area contributed by atoms with Gasteiger partial charge in [0.1, 0.15) is 18.7 Å². The Morgan fingerprint density at radius 2 is 1.82 bits per heavy atom. The molecule has 33 heavy (non-hydrogen) atoms. The zero-order chi connectivity index (χ0) is 23.1. The molecule has 0 bridgehead atoms. The summed E-state index contributed by atoms with van der Waals surface area (Å²) < 4.78 is 6.24. The quantitative estimate of drug-likeness (QED) is 0.691. The van der Waals surface area contributed by atoms with Crippen LogP contribution in [0.1, 0.15) is 61.9 Å². The molecule has 1 fully saturated rings. The molecular formula is C27H38N4O2. The Bertz CT molecular complexity index is 894. The second-order valence-electron chi connectivity index (χ2n) is 10.2. The van der Waals surface area contributed by atoms with Gasteiger partial charge in [-0.2, -0.15) is 0 Å². The lowest BCUT2D eigenvalue weighted by molar-refractivity contribution is 0.0354. The monoisotopic (exact) mass is 450 g/mol. The maximum atomic E-state index is 12.9. The lowest BCUT2D eigenvalue weighted by atomic mass is 9.73. The molecule has 0 radical (unpaired) electrons. The Morgan fingerprint density at radius 3 is 2.58 bits per heavy atom. The number of fused-ring (bicyclic) bond motifs is 1. The molecule has 0 aliphatic carbocycles. The van der Waals surface area contributed by atoms with E-state index in [-0.39, 0.29) is 11.3 Å². The molecule has 6 nitrogen and oxygen atoms in total. The van der Waals surface area contributed by atoms with Gasteiger partial charge in [0, 0.05) is 45.1 Å². The fourth-order valence-corrected chi connectivity index (χ4v) is 5.44. The van der Waals surface area contributed by atoms with Crippen molar-refractivity contribution >= 4 is 5.91 Å². The number of likely N-dealkylation sites (tertiary alicyclic amines) is 1. The van der Waals surface area contributed by atoms with Crippen molar-refractivity contribution < 1.29 is 9.53 Å². The molecule has 0 saturated carbocycles. The van der Waals surface area contributed by atoms with Crippen LogP contribution in [-0.2, 0) is 6.42 Å². The molecule has 1 saturated heterocycles. The highest BCUT2D eigenvalue weighted by molar-refractivity contribution is 5.93. The van der Waals surface area contributed by atoms with E-state index in [9.17, 15) is 4.79 Å². The number of ether oxygens (including phenoxy) is 1. The van der Waals surface area contributed by atoms with Gasteiger partial charge in [0.05, 0.1) is 5.56 Å². The summed E-state index contributed by atoms with van der Waals surface area (Å²) >= 11 is 0. The molecule has 178 valence electrons. The van der Waals surface area contributed by atoms with Crippen LogP contribution in [0.25, 0.3) is 0 Å². The number of aryl methyl sites for hydroxylation is 1. The van der Waals surface area contributed by atoms with Gasteiger partial charge in [-0.15, -0.1) is 0 Å². The average Bonchev–Trinajstić information content (AvgIpc) is 2.82. The topological polar surface area (TPSA) is 58.6 Å². The number of hydrogen-bond acceptors (Lipinski definition) is 5. The number of amides is 1. The maximum Gasteiger partial charge on any atom is 0.256 e. The predicted octanol–water partition coefficient (Wildman–Crippen LogP) is 4.46. The Balaban J connectivity index is 1.46. The van der Waals surface area contributed by atoms with Crippen molar-refractivity contribution in [2.24, 2.45) is 11.3 Å². The van der Waals surface area contributed by atoms with E-state index in [2.05, 4.69) is 53.0 Å². The summed E-state index contributed by atoms with van der Waals surface area (Å²) in [7, 11) is 0. The predicted molar refractivity (Wildman–Crippen MR) is 130 cm³/mol. The Kier molecular flexibility index (Phi) is 7.97. The van der Waals surface area contributed by atoms with Crippen LogP contribution in [0.2, 0.25) is 0 Å². The highest BCUT2D eigenvalue weighted by Gasteiger charge is 2.37. The van der Waals surface area contributed by atoms with E-state index in [1.54, 1.807) is 12.4 Å². The van der Waals surface area contributed by atoms with E-state index in [4.69, 9.17) is 4.74 Å². The van der Waals surface area contributed by atoms with Crippen LogP contribution in [0.5, 0.6) is 5.75 Å². The van der Waals surface area contributed by atoms with Crippen LogP contribution in [0.4, 0.5) is 0 Å². The van der Waals surface area contributed by atoms with Gasteiger partial charge >= 0.3 is 0 Å². The van der Waals surface area contributed by atoms with Gasteiger partial charge in [-0.3, -0.25) is 9.69 Å². The second kappa shape index (κ2) is 11.1. The van der Waals surface area contributed by atoms with Gasteiger partial charge in [-0.25, -0.2) is 9.97 Å². The minimum Gasteiger partial charge on any atom is -0.492 e. The van der Waals surface area contributed by atoms with Crippen molar-refractivity contribution in [1.29, 1.82) is 0 Å². The standard InChI is InChI=1S/C27H38N4O2/c1-22(2)19-30-15-16-33-25-9-4-3-7-23(25)8-5-6-10-27(20-30)11-13-31(14-12-27)26(32)24-17-28-21-29-18-24/h3-4,7,9,17-18,21-22H,5-6,8,10-16,19-20H2,1-2H3. The second-order valence-corrected chi connectivity index (χ2v) is 10.2. The summed E-state index contributed by atoms with van der Waals surface area (Å²) in [6.45, 7) is 10.0. The highest BCUT2D eigenvalue weighted by atomic mass is 16.5. The van der Waals surface area contributed by atoms with E-state index in [0.717, 1.165) is 64.3 Å². The maximum absolute atomic E-state index is 12.9. The minimum absolute atomic E-state index is 0.0580. The van der Waals surface area contributed by atoms with Crippen LogP contribution in [0.15, 0.2) is 43.0 Å². The van der Waals surface area contributed by atoms with Gasteiger partial charge in [-0.05, 0) is 55.1 Å². The van der Waals surface area contributed by atoms with E-state index in [0.29, 0.717) is 11.5 Å². The SMILES string of the molecule is CC(C)CN1CCOc2ccccc2CCCCC2(CCN(C(=O)c3cncnc3)CC2)C1. The largest absolute Gasteiger partial charge is 0.492 e. The van der Waals surface area contributed by atoms with E-state index in [1.165, 1.54) is 31.2 Å². The molecular weight excluding hydrogens is 412 g/mol. The third-order valence-electron chi connectivity index (χ3n) is 7.14. The number of aromatic nitrogens is 2. The molecule has 2 aromatic rings. The summed E-state index contributed by atoms with van der Waals surface area (Å²) in [4.78, 5) is 25.6. The fourth-order valence-electron chi connectivity index (χ4n) is 5.44. The number of nitrogens with zero attached hydrogens (tertiary/aromatic N) is 4. The van der Waals surface area contributed by atoms with Crippen molar-refractivity contribution in [3.63, 3.8) is 0 Å². The van der Waals surface area contributed by atoms with Gasteiger partial charge < -0.3 is 9.64 Å². The molecule has 3 heterocycles. The Morgan fingerprint density at radius 1 is 1.06 bits per heavy atom. The molecule has 1 aromatic heterocycles. The number of hydrogen-bond donors (Lipinski definition) is 0. The van der Waals surface area contributed by atoms with Crippen LogP contribution in [0.3, 0.4) is 0 Å². The summed E-state index contributed by atoms with van der Waals surface area (Å²) in [6.07, 6.45) is 11.5. The lowest BCUT2D eigenvalue weighted by Gasteiger charge is -2.45. The molecule has 6 heteroatoms. The molecule has 2 aliphatic rings. The first-order chi connectivity index (χ1) is 16.0. The van der Waals surface area contributed by atoms with E-state index in [1.807, 2.05) is 4.90 Å². The van der Waals surface area contributed by atoms with Crippen molar-refractivity contribution in [3.8, 4) is 5.75 Å². The molecule has 0 N–H and O–H groups in total. The van der Waals surface area contributed by atoms with Crippen LogP contribution < -0.4 is 4.74 Å². The zero-order valence-corrected chi connectivity index (χ0v) is 20.2. The molecule has 4 rings (SSSR count). The Hall–Kier alpha value is -2.47. The van der Waals surface area contributed by atoms with Crippen molar-refractivity contribution in [3.05, 3.63) is 54.1 Å². The van der Waals surface area contributed by atoms with Gasteiger partial charge in [0.2, 0.25) is 0 Å². The highest BCUT2D eigenvalue weighted by Crippen LogP contribution is 2.39. The molecule has 1 amide bonds. The van der Waals surface area contributed by atoms with Crippen molar-refractivity contribution in [2.45, 2.75) is 52.4 Å². The number of para-hydroxylation sites is 1. The van der Waals surface area contributed by atoms with Gasteiger partial charge in [-0.1, -0.05) is 38.5 Å². The first kappa shape index (κ1) is 23.7. The third-order valence-corrected chi connectivity index (χ3v) is 7.14. The smallest absolute Gasteiger partial charge is 0.256 e. The minimum atomic E-state index is 0.0580. The van der Waals surface area contributed by atoms with Crippen molar-refractivity contribution in [2.75, 3.05) is 39.3 Å². The average molecular weight is 451 g/mol. The van der Waals surface area contributed by atoms with Gasteiger partial charge in [0.15, 0.2) is 0 Å². The molecule has 2 aliphatic heterocycles. The first-order valence-corrected chi connectivity index (χ1v) is 12.5. The zero-order valence-electron chi connectivity index (χ0n) is 20.2. The number of carbonyl (C=O) groups excluding carboxylic acids is 1. The normalized spacial score (nSPS) is 19.9. The fraction of sp³-hybridized carbons (Fsp3) is 0.593.